The summed E-state index contributed by atoms with van der Waals surface area (Å²) in [6.07, 6.45) is 2.06. The van der Waals surface area contributed by atoms with E-state index < -0.39 is 0 Å². The van der Waals surface area contributed by atoms with E-state index >= 15 is 0 Å². The Hall–Kier alpha value is -1.13. The minimum atomic E-state index is 0.869. The molecule has 1 aromatic rings. The molecule has 0 amide bonds. The lowest BCUT2D eigenvalue weighted by Crippen LogP contribution is -2.48. The van der Waals surface area contributed by atoms with Crippen molar-refractivity contribution < 1.29 is 0 Å². The van der Waals surface area contributed by atoms with Gasteiger partial charge in [-0.05, 0) is 43.2 Å². The predicted molar refractivity (Wildman–Crippen MR) is 90.5 cm³/mol. The highest BCUT2D eigenvalue weighted by atomic mass is 32.1. The van der Waals surface area contributed by atoms with E-state index in [1.807, 2.05) is 0 Å². The summed E-state index contributed by atoms with van der Waals surface area (Å²) in [5.41, 5.74) is 3.92. The molecule has 3 nitrogen and oxygen atoms in total. The Bertz CT molecular complexity index is 443. The van der Waals surface area contributed by atoms with Crippen molar-refractivity contribution in [3.8, 4) is 0 Å². The van der Waals surface area contributed by atoms with Gasteiger partial charge in [0.15, 0.2) is 5.11 Å². The SMILES string of the molecule is CCc1cccc(CC)c1NC(=S)N1CCN(C)CC1. The number of nitrogens with zero attached hydrogens (tertiary/aromatic N) is 2. The summed E-state index contributed by atoms with van der Waals surface area (Å²) in [4.78, 5) is 4.62. The second-order valence-electron chi connectivity index (χ2n) is 5.38. The van der Waals surface area contributed by atoms with Gasteiger partial charge in [0.25, 0.3) is 0 Å². The molecule has 2 rings (SSSR count). The maximum atomic E-state index is 5.61. The van der Waals surface area contributed by atoms with Crippen molar-refractivity contribution in [1.82, 2.24) is 9.80 Å². The average Bonchev–Trinajstić information content (AvgIpc) is 2.48. The number of nitrogens with one attached hydrogen (secondary N) is 1. The highest BCUT2D eigenvalue weighted by Gasteiger charge is 2.17. The second kappa shape index (κ2) is 7.04. The third-order valence-electron chi connectivity index (χ3n) is 4.02. The van der Waals surface area contributed by atoms with Crippen LogP contribution in [0.4, 0.5) is 5.69 Å². The van der Waals surface area contributed by atoms with Gasteiger partial charge in [0.2, 0.25) is 0 Å². The largest absolute Gasteiger partial charge is 0.346 e. The van der Waals surface area contributed by atoms with Gasteiger partial charge in [0.1, 0.15) is 0 Å². The Balaban J connectivity index is 2.11. The maximum Gasteiger partial charge on any atom is 0.173 e. The number of piperazine rings is 1. The van der Waals surface area contributed by atoms with E-state index in [1.165, 1.54) is 16.8 Å². The number of thiocarbonyl (C=S) groups is 1. The van der Waals surface area contributed by atoms with Crippen molar-refractivity contribution in [2.45, 2.75) is 26.7 Å². The monoisotopic (exact) mass is 291 g/mol. The smallest absolute Gasteiger partial charge is 0.173 e. The number of benzene rings is 1. The molecule has 1 saturated heterocycles. The molecule has 0 unspecified atom stereocenters. The second-order valence-corrected chi connectivity index (χ2v) is 5.77. The Labute approximate surface area is 128 Å². The Morgan fingerprint density at radius 3 is 2.15 bits per heavy atom. The number of para-hydroxylation sites is 1. The van der Waals surface area contributed by atoms with E-state index in [2.05, 4.69) is 54.2 Å². The van der Waals surface area contributed by atoms with Crippen LogP contribution in [0.25, 0.3) is 0 Å². The first-order chi connectivity index (χ1) is 9.65. The number of hydrogen-bond donors (Lipinski definition) is 1. The summed E-state index contributed by atoms with van der Waals surface area (Å²) in [7, 11) is 2.16. The van der Waals surface area contributed by atoms with Gasteiger partial charge in [0.05, 0.1) is 0 Å². The molecule has 4 heteroatoms. The minimum absolute atomic E-state index is 0.869. The summed E-state index contributed by atoms with van der Waals surface area (Å²) >= 11 is 5.61. The minimum Gasteiger partial charge on any atom is -0.346 e. The van der Waals surface area contributed by atoms with Crippen molar-refractivity contribution in [2.75, 3.05) is 38.5 Å². The lowest BCUT2D eigenvalue weighted by atomic mass is 10.0. The van der Waals surface area contributed by atoms with Gasteiger partial charge in [0, 0.05) is 31.9 Å². The summed E-state index contributed by atoms with van der Waals surface area (Å²) < 4.78 is 0. The standard InChI is InChI=1S/C16H25N3S/c1-4-13-7-6-8-14(5-2)15(13)17-16(20)19-11-9-18(3)10-12-19/h6-8H,4-5,9-12H2,1-3H3,(H,17,20). The van der Waals surface area contributed by atoms with Gasteiger partial charge in [-0.1, -0.05) is 32.0 Å². The molecule has 0 spiro atoms. The molecular weight excluding hydrogens is 266 g/mol. The summed E-state index contributed by atoms with van der Waals surface area (Å²) in [6, 6.07) is 6.52. The van der Waals surface area contributed by atoms with Crippen LogP contribution in [-0.2, 0) is 12.8 Å². The molecule has 1 aliphatic rings. The molecule has 0 bridgehead atoms. The summed E-state index contributed by atoms with van der Waals surface area (Å²) in [6.45, 7) is 8.57. The maximum absolute atomic E-state index is 5.61. The zero-order chi connectivity index (χ0) is 14.5. The molecule has 1 aromatic carbocycles. The van der Waals surface area contributed by atoms with Crippen LogP contribution >= 0.6 is 12.2 Å². The van der Waals surface area contributed by atoms with Gasteiger partial charge < -0.3 is 15.1 Å². The van der Waals surface area contributed by atoms with Gasteiger partial charge in [-0.2, -0.15) is 0 Å². The van der Waals surface area contributed by atoms with Crippen LogP contribution in [0.2, 0.25) is 0 Å². The van der Waals surface area contributed by atoms with E-state index in [0.717, 1.165) is 44.1 Å². The third kappa shape index (κ3) is 3.49. The number of rotatable bonds is 3. The number of hydrogen-bond acceptors (Lipinski definition) is 2. The van der Waals surface area contributed by atoms with Crippen molar-refractivity contribution in [1.29, 1.82) is 0 Å². The van der Waals surface area contributed by atoms with Crippen LogP contribution in [0.3, 0.4) is 0 Å². The molecule has 0 aliphatic carbocycles. The summed E-state index contributed by atoms with van der Waals surface area (Å²) in [5.74, 6) is 0. The van der Waals surface area contributed by atoms with Crippen LogP contribution in [0.1, 0.15) is 25.0 Å². The zero-order valence-corrected chi connectivity index (χ0v) is 13.6. The van der Waals surface area contributed by atoms with Gasteiger partial charge in [-0.25, -0.2) is 0 Å². The van der Waals surface area contributed by atoms with E-state index in [0.29, 0.717) is 0 Å². The van der Waals surface area contributed by atoms with E-state index in [-0.39, 0.29) is 0 Å². The van der Waals surface area contributed by atoms with Crippen molar-refractivity contribution in [3.05, 3.63) is 29.3 Å². The van der Waals surface area contributed by atoms with Crippen LogP contribution in [0.15, 0.2) is 18.2 Å². The molecule has 0 aromatic heterocycles. The molecule has 0 saturated carbocycles. The number of anilines is 1. The quantitative estimate of drug-likeness (QED) is 0.863. The Morgan fingerprint density at radius 1 is 1.10 bits per heavy atom. The fourth-order valence-electron chi connectivity index (χ4n) is 2.60. The first kappa shape index (κ1) is 15.3. The van der Waals surface area contributed by atoms with Crippen molar-refractivity contribution in [2.24, 2.45) is 0 Å². The first-order valence-corrected chi connectivity index (χ1v) is 7.91. The molecule has 0 radical (unpaired) electrons. The van der Waals surface area contributed by atoms with Crippen LogP contribution in [0.5, 0.6) is 0 Å². The molecule has 110 valence electrons. The topological polar surface area (TPSA) is 18.5 Å². The number of aryl methyl sites for hydroxylation is 2. The average molecular weight is 291 g/mol. The van der Waals surface area contributed by atoms with Gasteiger partial charge >= 0.3 is 0 Å². The molecule has 1 aliphatic heterocycles. The highest BCUT2D eigenvalue weighted by Crippen LogP contribution is 2.23. The Kier molecular flexibility index (Phi) is 5.38. The Morgan fingerprint density at radius 2 is 1.65 bits per heavy atom. The normalized spacial score (nSPS) is 16.2. The first-order valence-electron chi connectivity index (χ1n) is 7.51. The molecule has 1 N–H and O–H groups in total. The van der Waals surface area contributed by atoms with Crippen LogP contribution in [0, 0.1) is 0 Å². The highest BCUT2D eigenvalue weighted by molar-refractivity contribution is 7.80. The molecular formula is C16H25N3S. The fraction of sp³-hybridized carbons (Fsp3) is 0.562. The van der Waals surface area contributed by atoms with E-state index in [1.54, 1.807) is 0 Å². The lowest BCUT2D eigenvalue weighted by molar-refractivity contribution is 0.217. The van der Waals surface area contributed by atoms with E-state index in [9.17, 15) is 0 Å². The molecule has 1 fully saturated rings. The predicted octanol–water partition coefficient (Wildman–Crippen LogP) is 2.76. The van der Waals surface area contributed by atoms with Gasteiger partial charge in [-0.15, -0.1) is 0 Å². The van der Waals surface area contributed by atoms with Crippen LogP contribution < -0.4 is 5.32 Å². The third-order valence-corrected chi connectivity index (χ3v) is 4.38. The van der Waals surface area contributed by atoms with Gasteiger partial charge in [-0.3, -0.25) is 0 Å². The molecule has 0 atom stereocenters. The number of likely N-dealkylation sites (N-methyl/N-ethyl adjacent to an activating group) is 1. The van der Waals surface area contributed by atoms with E-state index in [4.69, 9.17) is 12.2 Å². The van der Waals surface area contributed by atoms with Crippen molar-refractivity contribution in [3.63, 3.8) is 0 Å². The lowest BCUT2D eigenvalue weighted by Gasteiger charge is -2.34. The zero-order valence-electron chi connectivity index (χ0n) is 12.8. The molecule has 20 heavy (non-hydrogen) atoms. The summed E-state index contributed by atoms with van der Waals surface area (Å²) in [5, 5.41) is 4.37. The van der Waals surface area contributed by atoms with Crippen LogP contribution in [-0.4, -0.2) is 48.1 Å². The van der Waals surface area contributed by atoms with Crippen molar-refractivity contribution >= 4 is 23.0 Å². The fourth-order valence-corrected chi connectivity index (χ4v) is 2.88. The molecule has 1 heterocycles.